The van der Waals surface area contributed by atoms with Crippen LogP contribution in [0.3, 0.4) is 0 Å². The molecule has 0 amide bonds. The number of non-ortho nitro benzene ring substituents is 1. The van der Waals surface area contributed by atoms with Crippen molar-refractivity contribution in [2.75, 3.05) is 31.1 Å². The summed E-state index contributed by atoms with van der Waals surface area (Å²) >= 11 is 5.92. The highest BCUT2D eigenvalue weighted by Crippen LogP contribution is 2.36. The summed E-state index contributed by atoms with van der Waals surface area (Å²) in [7, 11) is -0.659. The second kappa shape index (κ2) is 7.84. The van der Waals surface area contributed by atoms with Crippen LogP contribution in [0.25, 0.3) is 22.2 Å². The van der Waals surface area contributed by atoms with Gasteiger partial charge in [-0.2, -0.15) is 0 Å². The van der Waals surface area contributed by atoms with Crippen molar-refractivity contribution in [1.29, 1.82) is 0 Å². The minimum Gasteiger partial charge on any atom is -0.360 e. The Labute approximate surface area is 163 Å². The van der Waals surface area contributed by atoms with Gasteiger partial charge in [0, 0.05) is 35.2 Å². The van der Waals surface area contributed by atoms with Crippen LogP contribution in [0.2, 0.25) is 5.28 Å². The molecule has 1 aromatic carbocycles. The number of benzene rings is 1. The third kappa shape index (κ3) is 4.58. The van der Waals surface area contributed by atoms with Crippen LogP contribution in [0.15, 0.2) is 36.7 Å². The second-order valence-corrected chi connectivity index (χ2v) is 11.9. The van der Waals surface area contributed by atoms with Gasteiger partial charge >= 0.3 is 0 Å². The molecule has 0 unspecified atom stereocenters. The van der Waals surface area contributed by atoms with Crippen LogP contribution in [-0.4, -0.2) is 50.6 Å². The zero-order valence-corrected chi connectivity index (χ0v) is 17.0. The monoisotopic (exact) mass is 408 g/mol. The lowest BCUT2D eigenvalue weighted by Crippen LogP contribution is -2.09. The summed E-state index contributed by atoms with van der Waals surface area (Å²) in [4.78, 5) is 19.3. The van der Waals surface area contributed by atoms with Crippen LogP contribution in [-0.2, 0) is 11.5 Å². The number of nitro groups is 1. The fourth-order valence-electron chi connectivity index (χ4n) is 2.75. The summed E-state index contributed by atoms with van der Waals surface area (Å²) in [5.41, 5.74) is 1.90. The predicted molar refractivity (Wildman–Crippen MR) is 111 cm³/mol. The lowest BCUT2D eigenvalue weighted by atomic mass is 10.1. The molecule has 0 saturated carbocycles. The third-order valence-corrected chi connectivity index (χ3v) is 5.62. The number of rotatable bonds is 7. The Balaban J connectivity index is 2.02. The largest absolute Gasteiger partial charge is 0.360 e. The maximum absolute atomic E-state index is 11.5. The summed E-state index contributed by atoms with van der Waals surface area (Å²) < 4.78 is 7.57. The van der Waals surface area contributed by atoms with Crippen LogP contribution in [0, 0.1) is 10.1 Å². The van der Waals surface area contributed by atoms with E-state index in [-0.39, 0.29) is 22.6 Å². The Hall–Kier alpha value is -2.16. The number of halogens is 1. The summed E-state index contributed by atoms with van der Waals surface area (Å²) in [6.07, 6.45) is 10.1. The zero-order valence-electron chi connectivity index (χ0n) is 15.4. The molecule has 0 aliphatic heterocycles. The standard InChI is InChI=1S/C18H21ClN4O3S/c1-27(2,3)10-9-26-12-22-11-14(15-7-8-20-18(19)21-15)13-5-4-6-16(17(13)22)23(24)25/h4-8,11H,9-10,12H2,1-3H3. The first-order valence-electron chi connectivity index (χ1n) is 8.25. The molecule has 2 aromatic heterocycles. The molecule has 2 heterocycles. The topological polar surface area (TPSA) is 83.1 Å². The third-order valence-electron chi connectivity index (χ3n) is 4.05. The van der Waals surface area contributed by atoms with E-state index in [1.807, 2.05) is 12.3 Å². The number of nitrogens with zero attached hydrogens (tertiary/aromatic N) is 4. The molecule has 7 nitrogen and oxygen atoms in total. The van der Waals surface area contributed by atoms with E-state index in [4.69, 9.17) is 16.3 Å². The summed E-state index contributed by atoms with van der Waals surface area (Å²) in [6.45, 7) is 0.837. The van der Waals surface area contributed by atoms with E-state index < -0.39 is 10.0 Å². The average Bonchev–Trinajstić information content (AvgIpc) is 2.96. The summed E-state index contributed by atoms with van der Waals surface area (Å²) in [5.74, 6) is 0.975. The Morgan fingerprint density at radius 3 is 2.74 bits per heavy atom. The Bertz CT molecular complexity index is 984. The van der Waals surface area contributed by atoms with Crippen molar-refractivity contribution in [3.63, 3.8) is 0 Å². The predicted octanol–water partition coefficient (Wildman–Crippen LogP) is 4.33. The van der Waals surface area contributed by atoms with Crippen molar-refractivity contribution in [3.05, 3.63) is 52.1 Å². The number of hydrogen-bond acceptors (Lipinski definition) is 5. The minimum absolute atomic E-state index is 0.0314. The fraction of sp³-hybridized carbons (Fsp3) is 0.333. The Morgan fingerprint density at radius 2 is 2.07 bits per heavy atom. The van der Waals surface area contributed by atoms with Crippen LogP contribution >= 0.6 is 21.6 Å². The molecule has 0 bridgehead atoms. The molecule has 0 saturated heterocycles. The Morgan fingerprint density at radius 1 is 1.30 bits per heavy atom. The molecule has 0 spiro atoms. The average molecular weight is 409 g/mol. The number of para-hydroxylation sites is 1. The molecular formula is C18H21ClN4O3S. The smallest absolute Gasteiger partial charge is 0.293 e. The van der Waals surface area contributed by atoms with Gasteiger partial charge in [0.1, 0.15) is 12.2 Å². The van der Waals surface area contributed by atoms with Gasteiger partial charge in [-0.15, -0.1) is 0 Å². The van der Waals surface area contributed by atoms with E-state index in [2.05, 4.69) is 28.7 Å². The molecule has 0 atom stereocenters. The van der Waals surface area contributed by atoms with Gasteiger partial charge in [0.2, 0.25) is 5.28 Å². The molecule has 0 fully saturated rings. The fourth-order valence-corrected chi connectivity index (χ4v) is 3.52. The van der Waals surface area contributed by atoms with Crippen molar-refractivity contribution < 1.29 is 9.66 Å². The maximum atomic E-state index is 11.5. The van der Waals surface area contributed by atoms with Gasteiger partial charge in [-0.1, -0.05) is 12.1 Å². The molecule has 3 rings (SSSR count). The zero-order chi connectivity index (χ0) is 19.6. The van der Waals surface area contributed by atoms with Crippen molar-refractivity contribution in [3.8, 4) is 11.3 Å². The normalized spacial score (nSPS) is 12.4. The highest BCUT2D eigenvalue weighted by molar-refractivity contribution is 8.32. The number of nitro benzene ring substituents is 1. The van der Waals surface area contributed by atoms with E-state index in [0.29, 0.717) is 17.8 Å². The lowest BCUT2D eigenvalue weighted by Gasteiger charge is -2.24. The molecule has 144 valence electrons. The van der Waals surface area contributed by atoms with Crippen molar-refractivity contribution in [2.45, 2.75) is 6.73 Å². The van der Waals surface area contributed by atoms with Crippen LogP contribution in [0.5, 0.6) is 0 Å². The Kier molecular flexibility index (Phi) is 5.69. The van der Waals surface area contributed by atoms with Gasteiger partial charge in [-0.25, -0.2) is 20.0 Å². The first kappa shape index (κ1) is 19.6. The second-order valence-electron chi connectivity index (χ2n) is 6.99. The molecular weight excluding hydrogens is 388 g/mol. The number of aromatic nitrogens is 3. The van der Waals surface area contributed by atoms with Gasteiger partial charge < -0.3 is 9.30 Å². The van der Waals surface area contributed by atoms with Gasteiger partial charge in [-0.05, 0) is 36.4 Å². The molecule has 0 aliphatic rings. The van der Waals surface area contributed by atoms with Gasteiger partial charge in [-0.3, -0.25) is 10.1 Å². The number of hydrogen-bond donors (Lipinski definition) is 0. The first-order valence-corrected chi connectivity index (χ1v) is 11.7. The summed E-state index contributed by atoms with van der Waals surface area (Å²) in [6, 6.07) is 6.73. The van der Waals surface area contributed by atoms with Gasteiger partial charge in [0.25, 0.3) is 5.69 Å². The maximum Gasteiger partial charge on any atom is 0.293 e. The number of ether oxygens (including phenoxy) is 1. The first-order chi connectivity index (χ1) is 12.8. The SMILES string of the molecule is CS(C)(C)CCOCn1cc(-c2ccnc(Cl)n2)c2cccc([N+](=O)[O-])c21. The molecule has 3 aromatic rings. The molecule has 27 heavy (non-hydrogen) atoms. The summed E-state index contributed by atoms with van der Waals surface area (Å²) in [5, 5.41) is 12.4. The minimum atomic E-state index is -0.659. The van der Waals surface area contributed by atoms with Crippen LogP contribution < -0.4 is 0 Å². The van der Waals surface area contributed by atoms with Crippen molar-refractivity contribution in [2.24, 2.45) is 0 Å². The van der Waals surface area contributed by atoms with E-state index in [9.17, 15) is 10.1 Å². The van der Waals surface area contributed by atoms with E-state index >= 15 is 0 Å². The molecule has 0 aliphatic carbocycles. The van der Waals surface area contributed by atoms with E-state index in [1.54, 1.807) is 22.9 Å². The van der Waals surface area contributed by atoms with Crippen LogP contribution in [0.4, 0.5) is 5.69 Å². The molecule has 0 radical (unpaired) electrons. The quantitative estimate of drug-likeness (QED) is 0.251. The highest BCUT2D eigenvalue weighted by atomic mass is 35.5. The number of fused-ring (bicyclic) bond motifs is 1. The van der Waals surface area contributed by atoms with Gasteiger partial charge in [0.05, 0.1) is 17.2 Å². The van der Waals surface area contributed by atoms with Crippen molar-refractivity contribution >= 4 is 38.2 Å². The van der Waals surface area contributed by atoms with E-state index in [1.165, 1.54) is 6.07 Å². The molecule has 0 N–H and O–H groups in total. The highest BCUT2D eigenvalue weighted by Gasteiger charge is 2.20. The van der Waals surface area contributed by atoms with Crippen molar-refractivity contribution in [1.82, 2.24) is 14.5 Å². The van der Waals surface area contributed by atoms with Crippen LogP contribution in [0.1, 0.15) is 0 Å². The van der Waals surface area contributed by atoms with E-state index in [0.717, 1.165) is 16.7 Å². The van der Waals surface area contributed by atoms with Gasteiger partial charge in [0.15, 0.2) is 0 Å². The lowest BCUT2D eigenvalue weighted by molar-refractivity contribution is -0.383. The molecule has 9 heteroatoms.